The maximum Gasteiger partial charge on any atom is 0.251 e. The van der Waals surface area contributed by atoms with Crippen LogP contribution in [0.4, 0.5) is 0 Å². The standard InChI is InChI=1S/C24H27NO2/c26-24(25-23-20-10-17-9-18(12-20)13-21(23)11-17)19-7-4-8-22(14-19)27-15-16-5-2-1-3-6-16/h1-8,14,17-18,20-21,23H,9-13,15H2,(H,25,26). The van der Waals surface area contributed by atoms with Crippen LogP contribution in [0.3, 0.4) is 0 Å². The smallest absolute Gasteiger partial charge is 0.251 e. The Kier molecular flexibility index (Phi) is 4.39. The predicted octanol–water partition coefficient (Wildman–Crippen LogP) is 4.82. The SMILES string of the molecule is O=C(NC1C2CC3CC(C2)CC1C3)c1cccc(OCc2ccccc2)c1. The molecule has 0 saturated heterocycles. The fraction of sp³-hybridized carbons (Fsp3) is 0.458. The van der Waals surface area contributed by atoms with Crippen molar-refractivity contribution in [3.05, 3.63) is 65.7 Å². The lowest BCUT2D eigenvalue weighted by Crippen LogP contribution is -2.55. The van der Waals surface area contributed by atoms with Crippen LogP contribution in [0.2, 0.25) is 0 Å². The van der Waals surface area contributed by atoms with Crippen LogP contribution in [0, 0.1) is 23.7 Å². The zero-order valence-corrected chi connectivity index (χ0v) is 15.6. The van der Waals surface area contributed by atoms with Crippen molar-refractivity contribution >= 4 is 5.91 Å². The first-order chi connectivity index (χ1) is 13.2. The van der Waals surface area contributed by atoms with Crippen LogP contribution >= 0.6 is 0 Å². The van der Waals surface area contributed by atoms with Crippen molar-refractivity contribution in [3.63, 3.8) is 0 Å². The Labute approximate surface area is 161 Å². The highest BCUT2D eigenvalue weighted by Crippen LogP contribution is 2.53. The molecule has 0 heterocycles. The summed E-state index contributed by atoms with van der Waals surface area (Å²) >= 11 is 0. The first kappa shape index (κ1) is 16.9. The second-order valence-corrected chi connectivity index (χ2v) is 8.73. The van der Waals surface area contributed by atoms with Crippen molar-refractivity contribution in [2.24, 2.45) is 23.7 Å². The van der Waals surface area contributed by atoms with Gasteiger partial charge in [-0.2, -0.15) is 0 Å². The van der Waals surface area contributed by atoms with Gasteiger partial charge >= 0.3 is 0 Å². The maximum absolute atomic E-state index is 12.9. The highest BCUT2D eigenvalue weighted by atomic mass is 16.5. The van der Waals surface area contributed by atoms with Gasteiger partial charge in [0.15, 0.2) is 0 Å². The Balaban J connectivity index is 1.24. The molecule has 3 nitrogen and oxygen atoms in total. The molecule has 0 aliphatic heterocycles. The van der Waals surface area contributed by atoms with Crippen LogP contribution < -0.4 is 10.1 Å². The molecule has 0 spiro atoms. The van der Waals surface area contributed by atoms with Gasteiger partial charge in [0.1, 0.15) is 12.4 Å². The van der Waals surface area contributed by atoms with Gasteiger partial charge in [0.25, 0.3) is 5.91 Å². The Morgan fingerprint density at radius 1 is 0.889 bits per heavy atom. The molecule has 140 valence electrons. The van der Waals surface area contributed by atoms with Crippen molar-refractivity contribution in [3.8, 4) is 5.75 Å². The first-order valence-corrected chi connectivity index (χ1v) is 10.3. The average Bonchev–Trinajstić information content (AvgIpc) is 2.69. The summed E-state index contributed by atoms with van der Waals surface area (Å²) in [6.07, 6.45) is 6.71. The zero-order chi connectivity index (χ0) is 18.2. The summed E-state index contributed by atoms with van der Waals surface area (Å²) in [5.41, 5.74) is 1.83. The van der Waals surface area contributed by atoms with Gasteiger partial charge < -0.3 is 10.1 Å². The number of rotatable bonds is 5. The molecule has 4 aliphatic carbocycles. The molecule has 0 aromatic heterocycles. The summed E-state index contributed by atoms with van der Waals surface area (Å²) in [6.45, 7) is 0.515. The van der Waals surface area contributed by atoms with E-state index < -0.39 is 0 Å². The number of ether oxygens (including phenoxy) is 1. The van der Waals surface area contributed by atoms with Gasteiger partial charge in [0, 0.05) is 11.6 Å². The predicted molar refractivity (Wildman–Crippen MR) is 106 cm³/mol. The Morgan fingerprint density at radius 2 is 1.59 bits per heavy atom. The van der Waals surface area contributed by atoms with E-state index in [0.717, 1.165) is 23.1 Å². The average molecular weight is 361 g/mol. The highest BCUT2D eigenvalue weighted by molar-refractivity contribution is 5.94. The molecule has 4 saturated carbocycles. The number of carbonyl (C=O) groups is 1. The molecule has 4 bridgehead atoms. The number of hydrogen-bond acceptors (Lipinski definition) is 2. The van der Waals surface area contributed by atoms with E-state index in [1.54, 1.807) is 0 Å². The summed E-state index contributed by atoms with van der Waals surface area (Å²) in [5, 5.41) is 3.38. The monoisotopic (exact) mass is 361 g/mol. The third-order valence-electron chi connectivity index (χ3n) is 6.87. The molecule has 2 aromatic rings. The van der Waals surface area contributed by atoms with Crippen LogP contribution in [0.15, 0.2) is 54.6 Å². The lowest BCUT2D eigenvalue weighted by molar-refractivity contribution is -0.0119. The summed E-state index contributed by atoms with van der Waals surface area (Å²) in [5.74, 6) is 4.05. The lowest BCUT2D eigenvalue weighted by Gasteiger charge is -2.54. The van der Waals surface area contributed by atoms with Gasteiger partial charge in [-0.25, -0.2) is 0 Å². The molecular formula is C24H27NO2. The van der Waals surface area contributed by atoms with Gasteiger partial charge in [0.05, 0.1) is 0 Å². The number of amides is 1. The first-order valence-electron chi connectivity index (χ1n) is 10.3. The summed E-state index contributed by atoms with van der Waals surface area (Å²) in [7, 11) is 0. The van der Waals surface area contributed by atoms with E-state index in [4.69, 9.17) is 4.74 Å². The van der Waals surface area contributed by atoms with Crippen molar-refractivity contribution < 1.29 is 9.53 Å². The molecule has 1 N–H and O–H groups in total. The second kappa shape index (κ2) is 7.03. The summed E-state index contributed by atoms with van der Waals surface area (Å²) < 4.78 is 5.89. The quantitative estimate of drug-likeness (QED) is 0.829. The van der Waals surface area contributed by atoms with Crippen molar-refractivity contribution in [2.45, 2.75) is 44.8 Å². The van der Waals surface area contributed by atoms with Gasteiger partial charge in [0.2, 0.25) is 0 Å². The van der Waals surface area contributed by atoms with Crippen LogP contribution in [0.1, 0.15) is 48.0 Å². The van der Waals surface area contributed by atoms with Crippen molar-refractivity contribution in [1.82, 2.24) is 5.32 Å². The van der Waals surface area contributed by atoms with Gasteiger partial charge in [-0.05, 0) is 79.5 Å². The molecule has 0 atom stereocenters. The fourth-order valence-electron chi connectivity index (χ4n) is 5.86. The molecule has 0 radical (unpaired) electrons. The Hall–Kier alpha value is -2.29. The van der Waals surface area contributed by atoms with Crippen molar-refractivity contribution in [2.75, 3.05) is 0 Å². The van der Waals surface area contributed by atoms with Crippen molar-refractivity contribution in [1.29, 1.82) is 0 Å². The number of benzene rings is 2. The Morgan fingerprint density at radius 3 is 2.30 bits per heavy atom. The third kappa shape index (κ3) is 3.47. The summed E-state index contributed by atoms with van der Waals surface area (Å²) in [6, 6.07) is 18.1. The molecule has 1 amide bonds. The van der Waals surface area contributed by atoms with Gasteiger partial charge in [-0.3, -0.25) is 4.79 Å². The number of hydrogen-bond donors (Lipinski definition) is 1. The summed E-state index contributed by atoms with van der Waals surface area (Å²) in [4.78, 5) is 12.9. The highest BCUT2D eigenvalue weighted by Gasteiger charge is 2.48. The largest absolute Gasteiger partial charge is 0.489 e. The molecule has 6 rings (SSSR count). The van der Waals surface area contributed by atoms with Crippen LogP contribution in [-0.4, -0.2) is 11.9 Å². The fourth-order valence-corrected chi connectivity index (χ4v) is 5.86. The molecule has 27 heavy (non-hydrogen) atoms. The van der Waals surface area contributed by atoms with E-state index in [-0.39, 0.29) is 5.91 Å². The molecular weight excluding hydrogens is 334 g/mol. The van der Waals surface area contributed by atoms with Crippen LogP contribution in [-0.2, 0) is 6.61 Å². The lowest BCUT2D eigenvalue weighted by atomic mass is 9.54. The van der Waals surface area contributed by atoms with E-state index in [1.165, 1.54) is 32.1 Å². The van der Waals surface area contributed by atoms with E-state index in [1.807, 2.05) is 54.6 Å². The van der Waals surface area contributed by atoms with E-state index >= 15 is 0 Å². The second-order valence-electron chi connectivity index (χ2n) is 8.73. The topological polar surface area (TPSA) is 38.3 Å². The van der Waals surface area contributed by atoms with E-state index in [9.17, 15) is 4.79 Å². The van der Waals surface area contributed by atoms with Gasteiger partial charge in [-0.1, -0.05) is 36.4 Å². The minimum atomic E-state index is 0.0534. The molecule has 3 heteroatoms. The number of carbonyl (C=O) groups excluding carboxylic acids is 1. The maximum atomic E-state index is 12.9. The number of nitrogens with one attached hydrogen (secondary N) is 1. The molecule has 2 aromatic carbocycles. The third-order valence-corrected chi connectivity index (χ3v) is 6.87. The van der Waals surface area contributed by atoms with Crippen LogP contribution in [0.5, 0.6) is 5.75 Å². The van der Waals surface area contributed by atoms with E-state index in [0.29, 0.717) is 30.0 Å². The van der Waals surface area contributed by atoms with E-state index in [2.05, 4.69) is 5.32 Å². The zero-order valence-electron chi connectivity index (χ0n) is 15.6. The molecule has 4 aliphatic rings. The molecule has 0 unspecified atom stereocenters. The Bertz CT molecular complexity index is 788. The normalized spacial score (nSPS) is 30.9. The minimum Gasteiger partial charge on any atom is -0.489 e. The molecule has 4 fully saturated rings. The van der Waals surface area contributed by atoms with Crippen LogP contribution in [0.25, 0.3) is 0 Å². The van der Waals surface area contributed by atoms with Gasteiger partial charge in [-0.15, -0.1) is 0 Å². The minimum absolute atomic E-state index is 0.0534.